The van der Waals surface area contributed by atoms with E-state index in [1.807, 2.05) is 0 Å². The molecule has 0 aliphatic heterocycles. The van der Waals surface area contributed by atoms with Crippen molar-refractivity contribution in [3.8, 4) is 0 Å². The Morgan fingerprint density at radius 1 is 1.28 bits per heavy atom. The average Bonchev–Trinajstić information content (AvgIpc) is 2.90. The normalized spacial score (nSPS) is 46.8. The Bertz CT molecular complexity index is 912. The predicted octanol–water partition coefficient (Wildman–Crippen LogP) is 1.64. The molecular formula is C24H33FO7. The lowest BCUT2D eigenvalue weighted by molar-refractivity contribution is -0.227. The van der Waals surface area contributed by atoms with Gasteiger partial charge in [0.1, 0.15) is 6.61 Å². The van der Waals surface area contributed by atoms with Crippen LogP contribution in [0.4, 0.5) is 4.39 Å². The van der Waals surface area contributed by atoms with E-state index in [1.54, 1.807) is 26.8 Å². The van der Waals surface area contributed by atoms with Gasteiger partial charge in [0.15, 0.2) is 17.1 Å². The number of ketones is 2. The van der Waals surface area contributed by atoms with Gasteiger partial charge >= 0.3 is 5.97 Å². The highest BCUT2D eigenvalue weighted by molar-refractivity contribution is 6.01. The topological polar surface area (TPSA) is 132 Å². The quantitative estimate of drug-likeness (QED) is 0.626. The van der Waals surface area contributed by atoms with Crippen LogP contribution in [0, 0.1) is 28.6 Å². The fourth-order valence-electron chi connectivity index (χ4n) is 7.74. The first-order valence-corrected chi connectivity index (χ1v) is 11.0. The summed E-state index contributed by atoms with van der Waals surface area (Å²) in [5, 5.41) is 21.1. The minimum atomic E-state index is -2.02. The van der Waals surface area contributed by atoms with E-state index < -0.39 is 58.4 Å². The van der Waals surface area contributed by atoms with Gasteiger partial charge in [-0.15, -0.1) is 0 Å². The zero-order valence-corrected chi connectivity index (χ0v) is 19.0. The molecule has 0 spiro atoms. The summed E-state index contributed by atoms with van der Waals surface area (Å²) in [4.78, 5) is 37.0. The van der Waals surface area contributed by atoms with Crippen LogP contribution in [0.25, 0.3) is 0 Å². The second kappa shape index (κ2) is 7.57. The number of allylic oxidation sites excluding steroid dienone is 4. The van der Waals surface area contributed by atoms with E-state index in [4.69, 9.17) is 4.74 Å². The summed E-state index contributed by atoms with van der Waals surface area (Å²) in [7, 11) is 0. The third-order valence-corrected chi connectivity index (χ3v) is 9.04. The molecule has 0 aromatic carbocycles. The first kappa shape index (κ1) is 24.7. The van der Waals surface area contributed by atoms with Crippen molar-refractivity contribution in [3.05, 3.63) is 23.8 Å². The number of rotatable bonds is 3. The Hall–Kier alpha value is -1.90. The highest BCUT2D eigenvalue weighted by Gasteiger charge is 2.77. The van der Waals surface area contributed by atoms with Crippen LogP contribution in [0.5, 0.6) is 0 Å². The summed E-state index contributed by atoms with van der Waals surface area (Å²) in [5.41, 5.74) is -5.10. The molecule has 4 aliphatic rings. The number of Topliss-reactive ketones (excluding diaryl/α,β-unsaturated/α-hetero) is 1. The largest absolute Gasteiger partial charge is 0.450 e. The number of ether oxygens (including phenoxy) is 1. The van der Waals surface area contributed by atoms with Crippen molar-refractivity contribution in [3.63, 3.8) is 0 Å². The number of hydrogen-bond acceptors (Lipinski definition) is 6. The SMILES string of the molecule is CC(=O)O[C@]1(C(=O)CO)[C@H](C)C[C@H]2[C@@H]3CCC4=CC(=O)C=C[C@]4(C)[C@@]3(F)[C@@H](O)C[C@@]21C.O. The summed E-state index contributed by atoms with van der Waals surface area (Å²) in [5.74, 6) is -2.79. The van der Waals surface area contributed by atoms with Gasteiger partial charge in [0.2, 0.25) is 5.78 Å². The monoisotopic (exact) mass is 452 g/mol. The van der Waals surface area contributed by atoms with Crippen molar-refractivity contribution < 1.29 is 39.2 Å². The van der Waals surface area contributed by atoms with Gasteiger partial charge in [-0.25, -0.2) is 4.39 Å². The molecule has 0 unspecified atom stereocenters. The first-order chi connectivity index (χ1) is 14.4. The minimum absolute atomic E-state index is 0. The van der Waals surface area contributed by atoms with Crippen LogP contribution in [0.1, 0.15) is 53.4 Å². The summed E-state index contributed by atoms with van der Waals surface area (Å²) in [6, 6.07) is 0. The summed E-state index contributed by atoms with van der Waals surface area (Å²) < 4.78 is 22.8. The molecule has 0 bridgehead atoms. The molecule has 4 aliphatic carbocycles. The first-order valence-electron chi connectivity index (χ1n) is 11.0. The van der Waals surface area contributed by atoms with Crippen LogP contribution >= 0.6 is 0 Å². The lowest BCUT2D eigenvalue weighted by Gasteiger charge is -2.62. The summed E-state index contributed by atoms with van der Waals surface area (Å²) in [6.45, 7) is 5.74. The number of hydrogen-bond donors (Lipinski definition) is 2. The van der Waals surface area contributed by atoms with Crippen molar-refractivity contribution in [2.75, 3.05) is 6.61 Å². The maximum Gasteiger partial charge on any atom is 0.303 e. The molecule has 0 aromatic rings. The molecule has 8 heteroatoms. The molecule has 32 heavy (non-hydrogen) atoms. The third kappa shape index (κ3) is 2.72. The van der Waals surface area contributed by atoms with Gasteiger partial charge in [-0.2, -0.15) is 0 Å². The van der Waals surface area contributed by atoms with Crippen LogP contribution in [0.15, 0.2) is 23.8 Å². The highest BCUT2D eigenvalue weighted by Crippen LogP contribution is 2.71. The minimum Gasteiger partial charge on any atom is -0.450 e. The number of alkyl halides is 1. The molecule has 8 atom stereocenters. The maximum atomic E-state index is 17.1. The number of carbonyl (C=O) groups excluding carboxylic acids is 3. The van der Waals surface area contributed by atoms with Crippen molar-refractivity contribution in [2.45, 2.75) is 70.8 Å². The molecule has 4 rings (SSSR count). The van der Waals surface area contributed by atoms with Crippen LogP contribution in [0.2, 0.25) is 0 Å². The second-order valence-corrected chi connectivity index (χ2v) is 10.3. The zero-order chi connectivity index (χ0) is 23.0. The van der Waals surface area contributed by atoms with Gasteiger partial charge in [0.05, 0.1) is 6.10 Å². The smallest absolute Gasteiger partial charge is 0.303 e. The Balaban J connectivity index is 0.00000289. The number of fused-ring (bicyclic) bond motifs is 5. The summed E-state index contributed by atoms with van der Waals surface area (Å²) >= 11 is 0. The second-order valence-electron chi connectivity index (χ2n) is 10.3. The lowest BCUT2D eigenvalue weighted by Crippen LogP contribution is -2.70. The van der Waals surface area contributed by atoms with E-state index in [0.717, 1.165) is 0 Å². The van der Waals surface area contributed by atoms with E-state index in [2.05, 4.69) is 0 Å². The molecule has 0 amide bonds. The number of esters is 1. The van der Waals surface area contributed by atoms with E-state index >= 15 is 4.39 Å². The molecule has 4 N–H and O–H groups in total. The highest BCUT2D eigenvalue weighted by atomic mass is 19.1. The Morgan fingerprint density at radius 3 is 2.53 bits per heavy atom. The standard InChI is InChI=1S/C24H31FO6.H2O/c1-13-9-18-17-6-5-15-10-16(28)7-8-21(15,3)23(17,25)19(29)11-22(18,4)24(13,20(30)12-26)31-14(2)27;/h7-8,10,13,17-19,26,29H,5-6,9,11-12H2,1-4H3;1H2/t13-,17+,18+,19+,21+,22+,23+,24+;/m1./s1. The number of aliphatic hydroxyl groups excluding tert-OH is 2. The number of halogens is 1. The van der Waals surface area contributed by atoms with Crippen LogP contribution < -0.4 is 0 Å². The zero-order valence-electron chi connectivity index (χ0n) is 19.0. The van der Waals surface area contributed by atoms with Crippen molar-refractivity contribution in [1.82, 2.24) is 0 Å². The molecule has 0 heterocycles. The predicted molar refractivity (Wildman–Crippen MR) is 113 cm³/mol. The molecule has 0 aromatic heterocycles. The molecule has 178 valence electrons. The fourth-order valence-corrected chi connectivity index (χ4v) is 7.74. The van der Waals surface area contributed by atoms with Gasteiger partial charge in [-0.3, -0.25) is 14.4 Å². The van der Waals surface area contributed by atoms with E-state index in [0.29, 0.717) is 24.8 Å². The Labute approximate surface area is 187 Å². The van der Waals surface area contributed by atoms with E-state index in [-0.39, 0.29) is 23.6 Å². The fraction of sp³-hybridized carbons (Fsp3) is 0.708. The van der Waals surface area contributed by atoms with Gasteiger partial charge in [0.25, 0.3) is 0 Å². The summed E-state index contributed by atoms with van der Waals surface area (Å²) in [6.07, 6.45) is 4.29. The molecule has 7 nitrogen and oxygen atoms in total. The molecule has 3 saturated carbocycles. The maximum absolute atomic E-state index is 17.1. The number of carbonyl (C=O) groups is 3. The molecular weight excluding hydrogens is 419 g/mol. The van der Waals surface area contributed by atoms with Gasteiger partial charge in [-0.1, -0.05) is 25.5 Å². The lowest BCUT2D eigenvalue weighted by atomic mass is 9.44. The number of aliphatic hydroxyl groups is 2. The van der Waals surface area contributed by atoms with E-state index in [1.165, 1.54) is 19.1 Å². The van der Waals surface area contributed by atoms with Crippen LogP contribution in [-0.2, 0) is 19.1 Å². The Morgan fingerprint density at radius 2 is 1.94 bits per heavy atom. The van der Waals surface area contributed by atoms with Crippen molar-refractivity contribution in [1.29, 1.82) is 0 Å². The molecule has 0 radical (unpaired) electrons. The van der Waals surface area contributed by atoms with Gasteiger partial charge < -0.3 is 20.4 Å². The third-order valence-electron chi connectivity index (χ3n) is 9.04. The van der Waals surface area contributed by atoms with E-state index in [9.17, 15) is 24.6 Å². The van der Waals surface area contributed by atoms with Crippen molar-refractivity contribution in [2.24, 2.45) is 28.6 Å². The Kier molecular flexibility index (Phi) is 5.85. The van der Waals surface area contributed by atoms with Crippen LogP contribution in [-0.4, -0.2) is 57.2 Å². The average molecular weight is 453 g/mol. The van der Waals surface area contributed by atoms with Gasteiger partial charge in [0, 0.05) is 29.6 Å². The molecule has 0 saturated heterocycles. The van der Waals surface area contributed by atoms with Gasteiger partial charge in [-0.05, 0) is 50.7 Å². The van der Waals surface area contributed by atoms with Crippen LogP contribution in [0.3, 0.4) is 0 Å². The molecule has 3 fully saturated rings. The van der Waals surface area contributed by atoms with Crippen molar-refractivity contribution >= 4 is 17.5 Å².